The maximum atomic E-state index is 6.63. The van der Waals surface area contributed by atoms with Gasteiger partial charge in [-0.15, -0.1) is 0 Å². The lowest BCUT2D eigenvalue weighted by Crippen LogP contribution is -2.21. The molecule has 12 bridgehead atoms. The molecule has 6 aromatic heterocycles. The fraction of sp³-hybridized carbons (Fsp3) is 0.429. The van der Waals surface area contributed by atoms with Crippen molar-refractivity contribution in [2.45, 2.75) is 116 Å². The smallest absolute Gasteiger partial charge is 0.117 e. The molecule has 1 aliphatic rings. The summed E-state index contributed by atoms with van der Waals surface area (Å²) in [7, 11) is 0. The maximum absolute atomic E-state index is 6.63. The standard InChI is InChI=1S/C42H48O6/c1-37(2)25-13-15-27(43-25)38(3,4)29-17-19-31(45-29)40(7,8)33-21-23-35(47-33)42(11,12)36-24-22-34(48-36)41(9,10)32-20-18-30(46-32)39(5,6)28-16-14-26(37)44-28/h13-24H,1-12H3. The fourth-order valence-electron chi connectivity index (χ4n) is 6.79. The zero-order chi connectivity index (χ0) is 34.7. The summed E-state index contributed by atoms with van der Waals surface area (Å²) in [6.45, 7) is 25.5. The van der Waals surface area contributed by atoms with Gasteiger partial charge in [-0.1, -0.05) is 0 Å². The highest BCUT2D eigenvalue weighted by Crippen LogP contribution is 2.45. The Morgan fingerprint density at radius 2 is 0.292 bits per heavy atom. The second kappa shape index (κ2) is 10.1. The highest BCUT2D eigenvalue weighted by atomic mass is 16.4. The summed E-state index contributed by atoms with van der Waals surface area (Å²) in [6.07, 6.45) is 0. The Labute approximate surface area is 283 Å². The molecule has 6 aromatic rings. The van der Waals surface area contributed by atoms with Gasteiger partial charge < -0.3 is 26.5 Å². The molecule has 0 atom stereocenters. The fourth-order valence-corrected chi connectivity index (χ4v) is 6.79. The molecule has 7 rings (SSSR count). The van der Waals surface area contributed by atoms with Gasteiger partial charge in [0.2, 0.25) is 0 Å². The van der Waals surface area contributed by atoms with Crippen LogP contribution in [0.5, 0.6) is 0 Å². The van der Waals surface area contributed by atoms with E-state index >= 15 is 0 Å². The van der Waals surface area contributed by atoms with Crippen LogP contribution in [0.25, 0.3) is 0 Å². The summed E-state index contributed by atoms with van der Waals surface area (Å²) in [5.74, 6) is 9.79. The molecule has 0 spiro atoms. The Bertz CT molecular complexity index is 1590. The summed E-state index contributed by atoms with van der Waals surface area (Å²) in [4.78, 5) is 0. The van der Waals surface area contributed by atoms with E-state index in [9.17, 15) is 0 Å². The predicted octanol–water partition coefficient (Wildman–Crippen LogP) is 11.5. The van der Waals surface area contributed by atoms with Gasteiger partial charge in [-0.3, -0.25) is 0 Å². The Kier molecular flexibility index (Phi) is 6.78. The first-order valence-corrected chi connectivity index (χ1v) is 16.9. The number of hydrogen-bond donors (Lipinski definition) is 0. The largest absolute Gasteiger partial charge is 0.464 e. The second-order valence-electron chi connectivity index (χ2n) is 16.7. The van der Waals surface area contributed by atoms with Crippen molar-refractivity contribution >= 4 is 0 Å². The van der Waals surface area contributed by atoms with Crippen LogP contribution < -0.4 is 0 Å². The lowest BCUT2D eigenvalue weighted by atomic mass is 9.87. The highest BCUT2D eigenvalue weighted by Gasteiger charge is 2.41. The van der Waals surface area contributed by atoms with Crippen LogP contribution in [0.4, 0.5) is 0 Å². The predicted molar refractivity (Wildman–Crippen MR) is 185 cm³/mol. The molecule has 0 unspecified atom stereocenters. The van der Waals surface area contributed by atoms with Crippen molar-refractivity contribution in [2.24, 2.45) is 0 Å². The van der Waals surface area contributed by atoms with Crippen molar-refractivity contribution in [2.75, 3.05) is 0 Å². The Morgan fingerprint density at radius 3 is 0.375 bits per heavy atom. The molecule has 6 heteroatoms. The number of fused-ring (bicyclic) bond motifs is 12. The molecule has 1 aliphatic heterocycles. The average molecular weight is 649 g/mol. The minimum absolute atomic E-state index is 0.523. The highest BCUT2D eigenvalue weighted by molar-refractivity contribution is 5.39. The maximum Gasteiger partial charge on any atom is 0.117 e. The van der Waals surface area contributed by atoms with E-state index in [2.05, 4.69) is 83.1 Å². The van der Waals surface area contributed by atoms with Crippen LogP contribution in [0.1, 0.15) is 152 Å². The summed E-state index contributed by atoms with van der Waals surface area (Å²) in [5, 5.41) is 0. The van der Waals surface area contributed by atoms with Crippen LogP contribution in [0.15, 0.2) is 99.3 Å². The van der Waals surface area contributed by atoms with Gasteiger partial charge in [-0.05, 0) is 156 Å². The molecule has 0 aliphatic carbocycles. The molecule has 6 nitrogen and oxygen atoms in total. The van der Waals surface area contributed by atoms with E-state index in [0.29, 0.717) is 0 Å². The van der Waals surface area contributed by atoms with E-state index in [4.69, 9.17) is 26.5 Å². The van der Waals surface area contributed by atoms with Crippen LogP contribution in [0, 0.1) is 0 Å². The zero-order valence-electron chi connectivity index (χ0n) is 30.4. The molecule has 0 aromatic carbocycles. The lowest BCUT2D eigenvalue weighted by Gasteiger charge is -2.25. The van der Waals surface area contributed by atoms with Gasteiger partial charge in [0.15, 0.2) is 0 Å². The third-order valence-electron chi connectivity index (χ3n) is 11.0. The van der Waals surface area contributed by atoms with Gasteiger partial charge >= 0.3 is 0 Å². The molecular formula is C42H48O6. The van der Waals surface area contributed by atoms with Crippen LogP contribution >= 0.6 is 0 Å². The molecule has 0 saturated carbocycles. The van der Waals surface area contributed by atoms with Crippen molar-refractivity contribution in [3.05, 3.63) is 142 Å². The van der Waals surface area contributed by atoms with E-state index in [-0.39, 0.29) is 0 Å². The number of furan rings is 6. The van der Waals surface area contributed by atoms with E-state index in [1.54, 1.807) is 0 Å². The lowest BCUT2D eigenvalue weighted by molar-refractivity contribution is 0.272. The quantitative estimate of drug-likeness (QED) is 0.163. The van der Waals surface area contributed by atoms with Crippen molar-refractivity contribution < 1.29 is 26.5 Å². The van der Waals surface area contributed by atoms with Crippen LogP contribution in [-0.4, -0.2) is 0 Å². The van der Waals surface area contributed by atoms with E-state index < -0.39 is 32.5 Å². The van der Waals surface area contributed by atoms with Gasteiger partial charge in [0.1, 0.15) is 69.1 Å². The van der Waals surface area contributed by atoms with Crippen LogP contribution in [0.2, 0.25) is 0 Å². The average Bonchev–Trinajstić information content (AvgIpc) is 3.85. The minimum Gasteiger partial charge on any atom is -0.464 e. The van der Waals surface area contributed by atoms with Crippen molar-refractivity contribution in [3.8, 4) is 0 Å². The summed E-state index contributed by atoms with van der Waals surface area (Å²) < 4.78 is 39.8. The summed E-state index contributed by atoms with van der Waals surface area (Å²) in [5.41, 5.74) is -3.14. The summed E-state index contributed by atoms with van der Waals surface area (Å²) in [6, 6.07) is 24.6. The molecule has 252 valence electrons. The van der Waals surface area contributed by atoms with Gasteiger partial charge in [0.25, 0.3) is 0 Å². The van der Waals surface area contributed by atoms with Gasteiger partial charge in [0.05, 0.1) is 32.5 Å². The molecule has 0 N–H and O–H groups in total. The molecule has 0 fully saturated rings. The Morgan fingerprint density at radius 1 is 0.208 bits per heavy atom. The zero-order valence-corrected chi connectivity index (χ0v) is 30.4. The van der Waals surface area contributed by atoms with Gasteiger partial charge in [-0.25, -0.2) is 0 Å². The van der Waals surface area contributed by atoms with Crippen molar-refractivity contribution in [1.82, 2.24) is 0 Å². The first-order valence-electron chi connectivity index (χ1n) is 16.9. The molecular weight excluding hydrogens is 600 g/mol. The van der Waals surface area contributed by atoms with Gasteiger partial charge in [-0.2, -0.15) is 0 Å². The number of rotatable bonds is 0. The molecule has 0 radical (unpaired) electrons. The van der Waals surface area contributed by atoms with Crippen molar-refractivity contribution in [3.63, 3.8) is 0 Å². The number of hydrogen-bond acceptors (Lipinski definition) is 6. The van der Waals surface area contributed by atoms with Crippen LogP contribution in [-0.2, 0) is 32.5 Å². The van der Waals surface area contributed by atoms with E-state index in [1.165, 1.54) is 0 Å². The van der Waals surface area contributed by atoms with Gasteiger partial charge in [0, 0.05) is 0 Å². The minimum atomic E-state index is -0.523. The molecule has 0 saturated heterocycles. The SMILES string of the molecule is CC1(C)c2ccc(o2)C(C)(C)c2ccc(o2)C(C)(C)c2ccc(o2)C(C)(C)c2ccc(o2)C(C)(C)c2ccc(o2)C(C)(C)c2ccc1o2. The summed E-state index contributed by atoms with van der Waals surface area (Å²) >= 11 is 0. The Hall–Kier alpha value is -4.32. The normalized spacial score (nSPS) is 20.2. The van der Waals surface area contributed by atoms with E-state index in [1.807, 2.05) is 72.8 Å². The second-order valence-corrected chi connectivity index (χ2v) is 16.7. The molecule has 7 heterocycles. The Balaban J connectivity index is 1.38. The third kappa shape index (κ3) is 4.66. The molecule has 0 amide bonds. The molecule has 48 heavy (non-hydrogen) atoms. The topological polar surface area (TPSA) is 78.8 Å². The van der Waals surface area contributed by atoms with Crippen molar-refractivity contribution in [1.29, 1.82) is 0 Å². The van der Waals surface area contributed by atoms with Crippen LogP contribution in [0.3, 0.4) is 0 Å². The monoisotopic (exact) mass is 648 g/mol. The first-order chi connectivity index (χ1) is 22.3. The first kappa shape index (κ1) is 32.2. The van der Waals surface area contributed by atoms with E-state index in [0.717, 1.165) is 69.1 Å². The third-order valence-corrected chi connectivity index (χ3v) is 11.0.